The second-order valence-corrected chi connectivity index (χ2v) is 5.22. The third-order valence-electron chi connectivity index (χ3n) is 3.55. The minimum Gasteiger partial charge on any atom is -0.384 e. The molecule has 0 saturated carbocycles. The van der Waals surface area contributed by atoms with Crippen LogP contribution in [0, 0.1) is 20.8 Å². The SMILES string of the molecule is Cc1ccc(N(C)Cc2c(C)nn(C)c2N)c(C)c1. The zero-order valence-electron chi connectivity index (χ0n) is 12.4. The van der Waals surface area contributed by atoms with Crippen molar-refractivity contribution in [3.05, 3.63) is 40.6 Å². The van der Waals surface area contributed by atoms with Crippen LogP contribution in [-0.2, 0) is 13.6 Å². The first-order valence-corrected chi connectivity index (χ1v) is 6.46. The average molecular weight is 258 g/mol. The second kappa shape index (κ2) is 4.96. The summed E-state index contributed by atoms with van der Waals surface area (Å²) in [5, 5.41) is 4.36. The zero-order valence-corrected chi connectivity index (χ0v) is 12.4. The van der Waals surface area contributed by atoms with Gasteiger partial charge in [-0.1, -0.05) is 17.7 Å². The molecular weight excluding hydrogens is 236 g/mol. The minimum atomic E-state index is 0.745. The van der Waals surface area contributed by atoms with Gasteiger partial charge in [0.25, 0.3) is 0 Å². The second-order valence-electron chi connectivity index (χ2n) is 5.22. The van der Waals surface area contributed by atoms with E-state index in [2.05, 4.69) is 49.1 Å². The number of anilines is 2. The molecule has 4 heteroatoms. The number of aryl methyl sites for hydroxylation is 4. The normalized spacial score (nSPS) is 10.8. The Hall–Kier alpha value is -1.97. The number of nitrogens with zero attached hydrogens (tertiary/aromatic N) is 3. The molecule has 2 rings (SSSR count). The van der Waals surface area contributed by atoms with E-state index in [1.165, 1.54) is 16.8 Å². The number of rotatable bonds is 3. The highest BCUT2D eigenvalue weighted by atomic mass is 15.3. The zero-order chi connectivity index (χ0) is 14.2. The lowest BCUT2D eigenvalue weighted by Gasteiger charge is -2.22. The number of aromatic nitrogens is 2. The molecule has 0 aliphatic carbocycles. The van der Waals surface area contributed by atoms with E-state index in [1.54, 1.807) is 4.68 Å². The highest BCUT2D eigenvalue weighted by Gasteiger charge is 2.13. The number of nitrogens with two attached hydrogens (primary N) is 1. The van der Waals surface area contributed by atoms with Crippen molar-refractivity contribution in [3.8, 4) is 0 Å². The first kappa shape index (κ1) is 13.5. The maximum absolute atomic E-state index is 6.07. The lowest BCUT2D eigenvalue weighted by Crippen LogP contribution is -2.18. The molecule has 0 fully saturated rings. The van der Waals surface area contributed by atoms with E-state index in [-0.39, 0.29) is 0 Å². The summed E-state index contributed by atoms with van der Waals surface area (Å²) in [4.78, 5) is 2.22. The fourth-order valence-corrected chi connectivity index (χ4v) is 2.47. The quantitative estimate of drug-likeness (QED) is 0.920. The fraction of sp³-hybridized carbons (Fsp3) is 0.400. The van der Waals surface area contributed by atoms with Crippen LogP contribution in [0.2, 0.25) is 0 Å². The van der Waals surface area contributed by atoms with E-state index >= 15 is 0 Å². The molecule has 102 valence electrons. The molecule has 1 aromatic heterocycles. The van der Waals surface area contributed by atoms with Gasteiger partial charge in [-0.3, -0.25) is 4.68 Å². The maximum atomic E-state index is 6.07. The molecule has 1 aromatic carbocycles. The van der Waals surface area contributed by atoms with Crippen LogP contribution in [0.5, 0.6) is 0 Å². The predicted octanol–water partition coefficient (Wildman–Crippen LogP) is 2.56. The summed E-state index contributed by atoms with van der Waals surface area (Å²) in [5.74, 6) is 0.745. The highest BCUT2D eigenvalue weighted by Crippen LogP contribution is 2.24. The summed E-state index contributed by atoms with van der Waals surface area (Å²) >= 11 is 0. The summed E-state index contributed by atoms with van der Waals surface area (Å²) in [6.07, 6.45) is 0. The third kappa shape index (κ3) is 2.57. The first-order chi connectivity index (χ1) is 8.90. The maximum Gasteiger partial charge on any atom is 0.126 e. The largest absolute Gasteiger partial charge is 0.384 e. The van der Waals surface area contributed by atoms with E-state index in [0.717, 1.165) is 23.6 Å². The van der Waals surface area contributed by atoms with Crippen LogP contribution >= 0.6 is 0 Å². The minimum absolute atomic E-state index is 0.745. The van der Waals surface area contributed by atoms with E-state index in [1.807, 2.05) is 14.0 Å². The molecule has 2 N–H and O–H groups in total. The van der Waals surface area contributed by atoms with Crippen molar-refractivity contribution in [2.24, 2.45) is 7.05 Å². The molecule has 0 unspecified atom stereocenters. The van der Waals surface area contributed by atoms with Gasteiger partial charge in [-0.05, 0) is 32.4 Å². The number of hydrogen-bond donors (Lipinski definition) is 1. The topological polar surface area (TPSA) is 47.1 Å². The molecule has 0 aliphatic rings. The van der Waals surface area contributed by atoms with Crippen molar-refractivity contribution in [3.63, 3.8) is 0 Å². The van der Waals surface area contributed by atoms with Gasteiger partial charge in [-0.25, -0.2) is 0 Å². The molecule has 0 atom stereocenters. The van der Waals surface area contributed by atoms with Crippen molar-refractivity contribution >= 4 is 11.5 Å². The average Bonchev–Trinajstić information content (AvgIpc) is 2.56. The molecule has 0 spiro atoms. The number of hydrogen-bond acceptors (Lipinski definition) is 3. The summed E-state index contributed by atoms with van der Waals surface area (Å²) in [5.41, 5.74) is 12.0. The molecule has 0 amide bonds. The Labute approximate surface area is 114 Å². The summed E-state index contributed by atoms with van der Waals surface area (Å²) in [7, 11) is 3.96. The van der Waals surface area contributed by atoms with Crippen LogP contribution in [0.1, 0.15) is 22.4 Å². The third-order valence-corrected chi connectivity index (χ3v) is 3.55. The van der Waals surface area contributed by atoms with Crippen molar-refractivity contribution in [1.29, 1.82) is 0 Å². The van der Waals surface area contributed by atoms with Gasteiger partial charge in [0.2, 0.25) is 0 Å². The molecular formula is C15H22N4. The summed E-state index contributed by atoms with van der Waals surface area (Å²) < 4.78 is 1.74. The molecule has 0 aliphatic heterocycles. The van der Waals surface area contributed by atoms with Gasteiger partial charge in [0.15, 0.2) is 0 Å². The fourth-order valence-electron chi connectivity index (χ4n) is 2.47. The van der Waals surface area contributed by atoms with E-state index in [4.69, 9.17) is 5.73 Å². The Balaban J connectivity index is 2.28. The van der Waals surface area contributed by atoms with Crippen LogP contribution in [-0.4, -0.2) is 16.8 Å². The Morgan fingerprint density at radius 2 is 1.95 bits per heavy atom. The first-order valence-electron chi connectivity index (χ1n) is 6.46. The van der Waals surface area contributed by atoms with Gasteiger partial charge in [-0.2, -0.15) is 5.10 Å². The van der Waals surface area contributed by atoms with Crippen LogP contribution in [0.4, 0.5) is 11.5 Å². The molecule has 19 heavy (non-hydrogen) atoms. The molecule has 4 nitrogen and oxygen atoms in total. The van der Waals surface area contributed by atoms with E-state index in [0.29, 0.717) is 0 Å². The van der Waals surface area contributed by atoms with Crippen LogP contribution < -0.4 is 10.6 Å². The van der Waals surface area contributed by atoms with Gasteiger partial charge in [-0.15, -0.1) is 0 Å². The van der Waals surface area contributed by atoms with Crippen LogP contribution in [0.3, 0.4) is 0 Å². The van der Waals surface area contributed by atoms with Gasteiger partial charge in [0.1, 0.15) is 5.82 Å². The number of nitrogen functional groups attached to an aromatic ring is 1. The van der Waals surface area contributed by atoms with Crippen LogP contribution in [0.15, 0.2) is 18.2 Å². The summed E-state index contributed by atoms with van der Waals surface area (Å²) in [6, 6.07) is 6.50. The van der Waals surface area contributed by atoms with E-state index in [9.17, 15) is 0 Å². The van der Waals surface area contributed by atoms with Crippen molar-refractivity contribution in [2.45, 2.75) is 27.3 Å². The number of benzene rings is 1. The molecule has 0 radical (unpaired) electrons. The smallest absolute Gasteiger partial charge is 0.126 e. The van der Waals surface area contributed by atoms with Crippen molar-refractivity contribution < 1.29 is 0 Å². The lowest BCUT2D eigenvalue weighted by atomic mass is 10.1. The van der Waals surface area contributed by atoms with Crippen molar-refractivity contribution in [2.75, 3.05) is 17.7 Å². The van der Waals surface area contributed by atoms with E-state index < -0.39 is 0 Å². The Bertz CT molecular complexity index is 598. The molecule has 0 saturated heterocycles. The predicted molar refractivity (Wildman–Crippen MR) is 80.4 cm³/mol. The Kier molecular flexibility index (Phi) is 3.51. The van der Waals surface area contributed by atoms with Crippen molar-refractivity contribution in [1.82, 2.24) is 9.78 Å². The molecule has 0 bridgehead atoms. The molecule has 1 heterocycles. The highest BCUT2D eigenvalue weighted by molar-refractivity contribution is 5.55. The lowest BCUT2D eigenvalue weighted by molar-refractivity contribution is 0.767. The van der Waals surface area contributed by atoms with Gasteiger partial charge in [0.05, 0.1) is 5.69 Å². The Morgan fingerprint density at radius 1 is 1.26 bits per heavy atom. The van der Waals surface area contributed by atoms with Gasteiger partial charge in [0, 0.05) is 31.9 Å². The standard InChI is InChI=1S/C15H22N4/c1-10-6-7-14(11(2)8-10)18(4)9-13-12(3)17-19(5)15(13)16/h6-8H,9,16H2,1-5H3. The summed E-state index contributed by atoms with van der Waals surface area (Å²) in [6.45, 7) is 7.02. The van der Waals surface area contributed by atoms with Gasteiger partial charge >= 0.3 is 0 Å². The van der Waals surface area contributed by atoms with Gasteiger partial charge < -0.3 is 10.6 Å². The van der Waals surface area contributed by atoms with Crippen LogP contribution in [0.25, 0.3) is 0 Å². The Morgan fingerprint density at radius 3 is 2.47 bits per heavy atom. The molecule has 2 aromatic rings. The monoisotopic (exact) mass is 258 g/mol.